The summed E-state index contributed by atoms with van der Waals surface area (Å²) in [7, 11) is 0. The standard InChI is InChI=1S/C10H9N3S/c14-7-12-10-6-11-5-8-3-1-2-4-9(8)13-10/h1-7,13H,(H,12,14). The zero-order valence-corrected chi connectivity index (χ0v) is 8.21. The maximum atomic E-state index is 4.71. The molecule has 0 atom stereocenters. The van der Waals surface area contributed by atoms with Crippen molar-refractivity contribution in [3.05, 3.63) is 41.8 Å². The summed E-state index contributed by atoms with van der Waals surface area (Å²) in [6.45, 7) is 0. The van der Waals surface area contributed by atoms with E-state index in [-0.39, 0.29) is 0 Å². The second kappa shape index (κ2) is 4.02. The van der Waals surface area contributed by atoms with Crippen molar-refractivity contribution in [2.45, 2.75) is 0 Å². The fraction of sp³-hybridized carbons (Fsp3) is 0. The zero-order chi connectivity index (χ0) is 9.80. The molecule has 3 nitrogen and oxygen atoms in total. The number of anilines is 1. The van der Waals surface area contributed by atoms with E-state index in [1.807, 2.05) is 24.3 Å². The van der Waals surface area contributed by atoms with Crippen LogP contribution in [-0.2, 0) is 0 Å². The van der Waals surface area contributed by atoms with Crippen LogP contribution >= 0.6 is 12.2 Å². The molecule has 1 heterocycles. The fourth-order valence-electron chi connectivity index (χ4n) is 1.23. The third-order valence-electron chi connectivity index (χ3n) is 1.86. The molecular weight excluding hydrogens is 194 g/mol. The van der Waals surface area contributed by atoms with Gasteiger partial charge in [-0.15, -0.1) is 0 Å². The second-order valence-electron chi connectivity index (χ2n) is 2.80. The Morgan fingerprint density at radius 1 is 1.36 bits per heavy atom. The Morgan fingerprint density at radius 2 is 2.21 bits per heavy atom. The van der Waals surface area contributed by atoms with Gasteiger partial charge in [0.1, 0.15) is 5.82 Å². The zero-order valence-electron chi connectivity index (χ0n) is 7.40. The van der Waals surface area contributed by atoms with E-state index < -0.39 is 0 Å². The number of aliphatic imine (C=N–C) groups is 1. The summed E-state index contributed by atoms with van der Waals surface area (Å²) in [5, 5.41) is 6.08. The lowest BCUT2D eigenvalue weighted by molar-refractivity contribution is 1.15. The van der Waals surface area contributed by atoms with Gasteiger partial charge in [0.05, 0.1) is 11.7 Å². The summed E-state index contributed by atoms with van der Waals surface area (Å²) >= 11 is 4.71. The van der Waals surface area contributed by atoms with Crippen molar-refractivity contribution in [1.29, 1.82) is 0 Å². The van der Waals surface area contributed by atoms with Crippen LogP contribution < -0.4 is 10.6 Å². The molecular formula is C10H9N3S. The predicted molar refractivity (Wildman–Crippen MR) is 62.5 cm³/mol. The van der Waals surface area contributed by atoms with Gasteiger partial charge in [0.25, 0.3) is 0 Å². The largest absolute Gasteiger partial charge is 0.340 e. The molecule has 1 aliphatic rings. The van der Waals surface area contributed by atoms with E-state index in [1.54, 1.807) is 12.4 Å². The maximum Gasteiger partial charge on any atom is 0.127 e. The third-order valence-corrected chi connectivity index (χ3v) is 1.98. The number of nitrogens with one attached hydrogen (secondary N) is 2. The summed E-state index contributed by atoms with van der Waals surface area (Å²) in [6, 6.07) is 7.94. The van der Waals surface area contributed by atoms with Crippen molar-refractivity contribution in [1.82, 2.24) is 5.32 Å². The van der Waals surface area contributed by atoms with Crippen molar-refractivity contribution >= 4 is 29.6 Å². The fourth-order valence-corrected chi connectivity index (χ4v) is 1.36. The molecule has 0 radical (unpaired) electrons. The SMILES string of the molecule is S=CNC1=CN=Cc2ccccc2N1. The number of hydrogen-bond donors (Lipinski definition) is 2. The van der Waals surface area contributed by atoms with Gasteiger partial charge >= 0.3 is 0 Å². The van der Waals surface area contributed by atoms with E-state index in [4.69, 9.17) is 12.2 Å². The molecule has 0 fully saturated rings. The number of benzene rings is 1. The molecule has 1 aliphatic heterocycles. The topological polar surface area (TPSA) is 36.4 Å². The number of hydrogen-bond acceptors (Lipinski definition) is 3. The normalized spacial score (nSPS) is 13.3. The lowest BCUT2D eigenvalue weighted by Crippen LogP contribution is -2.16. The average Bonchev–Trinajstić information content (AvgIpc) is 2.40. The predicted octanol–water partition coefficient (Wildman–Crippen LogP) is 1.88. The lowest BCUT2D eigenvalue weighted by Gasteiger charge is -2.09. The highest BCUT2D eigenvalue weighted by atomic mass is 32.1. The van der Waals surface area contributed by atoms with Gasteiger partial charge in [-0.2, -0.15) is 0 Å². The lowest BCUT2D eigenvalue weighted by atomic mass is 10.2. The summed E-state index contributed by atoms with van der Waals surface area (Å²) < 4.78 is 0. The molecule has 0 unspecified atom stereocenters. The Labute approximate surface area is 87.5 Å². The maximum absolute atomic E-state index is 4.71. The minimum atomic E-state index is 0.779. The van der Waals surface area contributed by atoms with Gasteiger partial charge < -0.3 is 10.6 Å². The number of fused-ring (bicyclic) bond motifs is 1. The first-order valence-electron chi connectivity index (χ1n) is 4.20. The molecule has 14 heavy (non-hydrogen) atoms. The highest BCUT2D eigenvalue weighted by Gasteiger charge is 2.03. The first kappa shape index (κ1) is 8.90. The van der Waals surface area contributed by atoms with Crippen molar-refractivity contribution in [2.24, 2.45) is 4.99 Å². The molecule has 0 spiro atoms. The molecule has 1 aromatic carbocycles. The van der Waals surface area contributed by atoms with Crippen molar-refractivity contribution in [3.63, 3.8) is 0 Å². The van der Waals surface area contributed by atoms with Crippen LogP contribution in [0.5, 0.6) is 0 Å². The van der Waals surface area contributed by atoms with Crippen LogP contribution in [0, 0.1) is 0 Å². The van der Waals surface area contributed by atoms with Crippen molar-refractivity contribution in [3.8, 4) is 0 Å². The Kier molecular flexibility index (Phi) is 2.55. The molecule has 0 bridgehead atoms. The molecule has 0 saturated carbocycles. The monoisotopic (exact) mass is 203 g/mol. The van der Waals surface area contributed by atoms with E-state index in [0.717, 1.165) is 17.1 Å². The van der Waals surface area contributed by atoms with Crippen LogP contribution in [0.1, 0.15) is 5.56 Å². The summed E-state index contributed by atoms with van der Waals surface area (Å²) in [4.78, 5) is 4.13. The molecule has 1 aromatic rings. The van der Waals surface area contributed by atoms with E-state index in [0.29, 0.717) is 0 Å². The van der Waals surface area contributed by atoms with Gasteiger partial charge in [0, 0.05) is 17.5 Å². The van der Waals surface area contributed by atoms with Crippen LogP contribution in [0.2, 0.25) is 0 Å². The second-order valence-corrected chi connectivity index (χ2v) is 3.03. The Bertz CT molecular complexity index is 410. The van der Waals surface area contributed by atoms with E-state index in [2.05, 4.69) is 15.6 Å². The van der Waals surface area contributed by atoms with Gasteiger partial charge in [-0.1, -0.05) is 30.4 Å². The van der Waals surface area contributed by atoms with Gasteiger partial charge in [-0.3, -0.25) is 4.99 Å². The van der Waals surface area contributed by atoms with Crippen LogP contribution in [0.4, 0.5) is 5.69 Å². The van der Waals surface area contributed by atoms with Gasteiger partial charge in [0.15, 0.2) is 0 Å². The minimum Gasteiger partial charge on any atom is -0.340 e. The van der Waals surface area contributed by atoms with E-state index in [9.17, 15) is 0 Å². The Morgan fingerprint density at radius 3 is 3.07 bits per heavy atom. The molecule has 2 rings (SSSR count). The molecule has 2 N–H and O–H groups in total. The quantitative estimate of drug-likeness (QED) is 0.720. The Balaban J connectivity index is 2.32. The first-order chi connectivity index (χ1) is 6.90. The van der Waals surface area contributed by atoms with Gasteiger partial charge in [0.2, 0.25) is 0 Å². The summed E-state index contributed by atoms with van der Waals surface area (Å²) in [5.74, 6) is 0.779. The summed E-state index contributed by atoms with van der Waals surface area (Å²) in [5.41, 5.74) is 3.52. The highest BCUT2D eigenvalue weighted by Crippen LogP contribution is 2.16. The van der Waals surface area contributed by atoms with Crippen LogP contribution in [0.15, 0.2) is 41.3 Å². The summed E-state index contributed by atoms with van der Waals surface area (Å²) in [6.07, 6.45) is 3.50. The number of rotatable bonds is 2. The number of para-hydroxylation sites is 1. The molecule has 0 aromatic heterocycles. The molecule has 0 aliphatic carbocycles. The third kappa shape index (κ3) is 1.80. The van der Waals surface area contributed by atoms with Crippen LogP contribution in [0.25, 0.3) is 0 Å². The van der Waals surface area contributed by atoms with E-state index >= 15 is 0 Å². The minimum absolute atomic E-state index is 0.779. The molecule has 70 valence electrons. The molecule has 0 amide bonds. The Hall–Kier alpha value is -1.68. The average molecular weight is 203 g/mol. The van der Waals surface area contributed by atoms with Gasteiger partial charge in [-0.25, -0.2) is 0 Å². The number of thiocarbonyl (C=S) groups is 1. The van der Waals surface area contributed by atoms with Crippen molar-refractivity contribution < 1.29 is 0 Å². The molecule has 0 saturated heterocycles. The number of nitrogens with zero attached hydrogens (tertiary/aromatic N) is 1. The highest BCUT2D eigenvalue weighted by molar-refractivity contribution is 7.78. The van der Waals surface area contributed by atoms with Crippen LogP contribution in [-0.4, -0.2) is 11.7 Å². The van der Waals surface area contributed by atoms with Crippen LogP contribution in [0.3, 0.4) is 0 Å². The molecule has 4 heteroatoms. The first-order valence-corrected chi connectivity index (χ1v) is 4.67. The van der Waals surface area contributed by atoms with Crippen molar-refractivity contribution in [2.75, 3.05) is 5.32 Å². The van der Waals surface area contributed by atoms with E-state index in [1.165, 1.54) is 5.49 Å². The smallest absolute Gasteiger partial charge is 0.127 e. The van der Waals surface area contributed by atoms with Gasteiger partial charge in [-0.05, 0) is 6.07 Å².